The highest BCUT2D eigenvalue weighted by Crippen LogP contribution is 2.12. The first-order valence-corrected chi connectivity index (χ1v) is 2.84. The fraction of sp³-hybridized carbons (Fsp3) is 1.00. The van der Waals surface area contributed by atoms with Gasteiger partial charge in [0.1, 0.15) is 6.17 Å². The Kier molecular flexibility index (Phi) is 1.78. The second kappa shape index (κ2) is 2.40. The van der Waals surface area contributed by atoms with Gasteiger partial charge in [0.2, 0.25) is 0 Å². The number of piperidine rings is 1. The number of hydrogen-bond donors (Lipinski definition) is 0. The van der Waals surface area contributed by atoms with Crippen LogP contribution in [0.1, 0.15) is 12.8 Å². The van der Waals surface area contributed by atoms with Crippen LogP contribution in [-0.4, -0.2) is 24.4 Å². The molecule has 1 fully saturated rings. The minimum atomic E-state index is -0.762. The van der Waals surface area contributed by atoms with Crippen LogP contribution in [0.5, 0.6) is 0 Å². The second-order valence-electron chi connectivity index (χ2n) is 2.08. The molecule has 0 atom stereocenters. The van der Waals surface area contributed by atoms with E-state index in [0.29, 0.717) is 18.0 Å². The van der Waals surface area contributed by atoms with Crippen molar-refractivity contribution in [3.05, 3.63) is 0 Å². The van der Waals surface area contributed by atoms with Gasteiger partial charge in [-0.15, -0.1) is 9.60 Å². The molecule has 0 aromatic carbocycles. The summed E-state index contributed by atoms with van der Waals surface area (Å²) in [7, 11) is 0. The molecule has 0 bridgehead atoms. The lowest BCUT2D eigenvalue weighted by molar-refractivity contribution is -0.0145. The van der Waals surface area contributed by atoms with Gasteiger partial charge in [-0.25, -0.2) is 4.39 Å². The lowest BCUT2D eigenvalue weighted by Gasteiger charge is -2.19. The average Bonchev–Trinajstić information content (AvgIpc) is 1.77. The quantitative estimate of drug-likeness (QED) is 0.437. The molecule has 1 aliphatic heterocycles. The largest absolute Gasteiger partial charge is 0.247 e. The van der Waals surface area contributed by atoms with Crippen LogP contribution in [0.15, 0.2) is 0 Å². The van der Waals surface area contributed by atoms with E-state index in [1.54, 1.807) is 0 Å². The van der Waals surface area contributed by atoms with E-state index in [-0.39, 0.29) is 13.1 Å². The van der Waals surface area contributed by atoms with Crippen LogP contribution in [0.3, 0.4) is 0 Å². The molecule has 0 radical (unpaired) electrons. The Morgan fingerprint density at radius 1 is 1.25 bits per heavy atom. The van der Waals surface area contributed by atoms with Crippen molar-refractivity contribution in [3.8, 4) is 0 Å². The minimum absolute atomic E-state index is 0.265. The highest BCUT2D eigenvalue weighted by molar-refractivity contribution is 4.65. The van der Waals surface area contributed by atoms with E-state index in [1.165, 1.54) is 0 Å². The van der Waals surface area contributed by atoms with E-state index < -0.39 is 6.17 Å². The highest BCUT2D eigenvalue weighted by atomic mass is 19.2. The van der Waals surface area contributed by atoms with E-state index in [2.05, 4.69) is 0 Å². The molecule has 0 aromatic rings. The zero-order valence-corrected chi connectivity index (χ0v) is 4.61. The summed E-state index contributed by atoms with van der Waals surface area (Å²) >= 11 is 0. The Bertz CT molecular complexity index is 58.8. The van der Waals surface area contributed by atoms with Crippen LogP contribution < -0.4 is 0 Å². The lowest BCUT2D eigenvalue weighted by atomic mass is 10.1. The molecule has 1 nitrogen and oxygen atoms in total. The third-order valence-corrected chi connectivity index (χ3v) is 1.37. The summed E-state index contributed by atoms with van der Waals surface area (Å²) in [5, 5.41) is 0.663. The Balaban J connectivity index is 2.19. The van der Waals surface area contributed by atoms with Gasteiger partial charge in [-0.1, -0.05) is 0 Å². The molecule has 3 heteroatoms. The zero-order valence-electron chi connectivity index (χ0n) is 4.61. The van der Waals surface area contributed by atoms with Gasteiger partial charge < -0.3 is 0 Å². The Morgan fingerprint density at radius 2 is 1.75 bits per heavy atom. The van der Waals surface area contributed by atoms with Crippen molar-refractivity contribution < 1.29 is 8.87 Å². The lowest BCUT2D eigenvalue weighted by Crippen LogP contribution is -2.27. The average molecular weight is 121 g/mol. The molecule has 1 heterocycles. The Hall–Kier alpha value is -0.180. The zero-order chi connectivity index (χ0) is 5.98. The molecule has 0 unspecified atom stereocenters. The summed E-state index contributed by atoms with van der Waals surface area (Å²) in [5.41, 5.74) is 0. The number of nitrogens with zero attached hydrogens (tertiary/aromatic N) is 1. The fourth-order valence-corrected chi connectivity index (χ4v) is 0.816. The maximum absolute atomic E-state index is 12.2. The molecule has 1 rings (SSSR count). The standard InChI is InChI=1S/C5H9F2N/c6-5-1-3-8(7)4-2-5/h5H,1-4H2. The number of rotatable bonds is 0. The molecule has 1 saturated heterocycles. The van der Waals surface area contributed by atoms with Gasteiger partial charge >= 0.3 is 0 Å². The topological polar surface area (TPSA) is 3.24 Å². The summed E-state index contributed by atoms with van der Waals surface area (Å²) in [6.07, 6.45) is -0.0468. The maximum atomic E-state index is 12.2. The number of alkyl halides is 1. The predicted molar refractivity (Wildman–Crippen MR) is 26.8 cm³/mol. The third-order valence-electron chi connectivity index (χ3n) is 1.37. The van der Waals surface area contributed by atoms with Gasteiger partial charge in [-0.2, -0.15) is 0 Å². The maximum Gasteiger partial charge on any atom is 0.103 e. The predicted octanol–water partition coefficient (Wildman–Crippen LogP) is 1.30. The summed E-state index contributed by atoms with van der Waals surface area (Å²) < 4.78 is 24.2. The van der Waals surface area contributed by atoms with Crippen LogP contribution in [0.2, 0.25) is 0 Å². The molecule has 8 heavy (non-hydrogen) atoms. The normalized spacial score (nSPS) is 26.2. The van der Waals surface area contributed by atoms with E-state index in [1.807, 2.05) is 0 Å². The van der Waals surface area contributed by atoms with Crippen molar-refractivity contribution in [2.45, 2.75) is 19.0 Å². The Morgan fingerprint density at radius 3 is 2.12 bits per heavy atom. The first kappa shape index (κ1) is 5.95. The molecular formula is C5H9F2N. The molecule has 0 amide bonds. The van der Waals surface area contributed by atoms with Crippen molar-refractivity contribution in [1.29, 1.82) is 0 Å². The first-order chi connectivity index (χ1) is 3.79. The summed E-state index contributed by atoms with van der Waals surface area (Å²) in [6, 6.07) is 0. The van der Waals surface area contributed by atoms with E-state index in [0.717, 1.165) is 0 Å². The van der Waals surface area contributed by atoms with Gasteiger partial charge in [0.05, 0.1) is 0 Å². The summed E-state index contributed by atoms with van der Waals surface area (Å²) in [6.45, 7) is 0.530. The molecule has 0 saturated carbocycles. The van der Waals surface area contributed by atoms with Gasteiger partial charge in [-0.05, 0) is 12.8 Å². The SMILES string of the molecule is FC1CCN(F)CC1. The van der Waals surface area contributed by atoms with Crippen molar-refractivity contribution in [2.75, 3.05) is 13.1 Å². The molecule has 0 N–H and O–H groups in total. The molecule has 48 valence electrons. The summed E-state index contributed by atoms with van der Waals surface area (Å²) in [5.74, 6) is 0. The highest BCUT2D eigenvalue weighted by Gasteiger charge is 2.16. The molecule has 0 aromatic heterocycles. The van der Waals surface area contributed by atoms with Crippen LogP contribution in [-0.2, 0) is 0 Å². The third kappa shape index (κ3) is 1.40. The molecular weight excluding hydrogens is 112 g/mol. The minimum Gasteiger partial charge on any atom is -0.247 e. The monoisotopic (exact) mass is 121 g/mol. The number of halogens is 2. The molecule has 0 aliphatic carbocycles. The summed E-state index contributed by atoms with van der Waals surface area (Å²) in [4.78, 5) is 0. The van der Waals surface area contributed by atoms with Crippen molar-refractivity contribution >= 4 is 0 Å². The van der Waals surface area contributed by atoms with E-state index >= 15 is 0 Å². The van der Waals surface area contributed by atoms with Crippen molar-refractivity contribution in [2.24, 2.45) is 0 Å². The Labute approximate surface area is 47.2 Å². The van der Waals surface area contributed by atoms with Crippen LogP contribution in [0.25, 0.3) is 0 Å². The van der Waals surface area contributed by atoms with Gasteiger partial charge in [0, 0.05) is 13.1 Å². The van der Waals surface area contributed by atoms with E-state index in [4.69, 9.17) is 0 Å². The van der Waals surface area contributed by atoms with Gasteiger partial charge in [-0.3, -0.25) is 0 Å². The van der Waals surface area contributed by atoms with E-state index in [9.17, 15) is 8.87 Å². The van der Waals surface area contributed by atoms with Crippen LogP contribution in [0.4, 0.5) is 8.87 Å². The van der Waals surface area contributed by atoms with Crippen LogP contribution in [0, 0.1) is 0 Å². The van der Waals surface area contributed by atoms with Crippen molar-refractivity contribution in [3.63, 3.8) is 0 Å². The van der Waals surface area contributed by atoms with Gasteiger partial charge in [0.15, 0.2) is 0 Å². The van der Waals surface area contributed by atoms with Crippen molar-refractivity contribution in [1.82, 2.24) is 5.12 Å². The van der Waals surface area contributed by atoms with Crippen LogP contribution >= 0.6 is 0 Å². The molecule has 0 spiro atoms. The fourth-order valence-electron chi connectivity index (χ4n) is 0.816. The first-order valence-electron chi connectivity index (χ1n) is 2.84. The second-order valence-corrected chi connectivity index (χ2v) is 2.08. The van der Waals surface area contributed by atoms with Gasteiger partial charge in [0.25, 0.3) is 0 Å². The molecule has 1 aliphatic rings. The number of hydrogen-bond acceptors (Lipinski definition) is 1. The smallest absolute Gasteiger partial charge is 0.103 e.